The number of amides is 2. The highest BCUT2D eigenvalue weighted by Gasteiger charge is 2.38. The number of oxazole rings is 1. The number of likely N-dealkylation sites (tertiary alicyclic amines) is 1. The number of aromatic nitrogens is 1. The van der Waals surface area contributed by atoms with Gasteiger partial charge in [0, 0.05) is 31.6 Å². The molecule has 2 aromatic carbocycles. The van der Waals surface area contributed by atoms with Crippen LogP contribution in [0.3, 0.4) is 0 Å². The molecule has 8 nitrogen and oxygen atoms in total. The summed E-state index contributed by atoms with van der Waals surface area (Å²) in [6, 6.07) is 9.82. The number of carbonyl (C=O) groups is 1. The van der Waals surface area contributed by atoms with Gasteiger partial charge in [-0.1, -0.05) is 12.1 Å². The number of rotatable bonds is 4. The van der Waals surface area contributed by atoms with Crippen molar-refractivity contribution in [2.24, 2.45) is 0 Å². The number of halogens is 3. The Kier molecular flexibility index (Phi) is 5.61. The van der Waals surface area contributed by atoms with Gasteiger partial charge in [-0.05, 0) is 35.9 Å². The van der Waals surface area contributed by atoms with Gasteiger partial charge in [-0.2, -0.15) is 18.2 Å². The molecule has 3 heterocycles. The van der Waals surface area contributed by atoms with E-state index in [-0.39, 0.29) is 42.5 Å². The van der Waals surface area contributed by atoms with Crippen molar-refractivity contribution in [3.05, 3.63) is 53.6 Å². The highest BCUT2D eigenvalue weighted by Crippen LogP contribution is 2.33. The number of anilines is 1. The lowest BCUT2D eigenvalue weighted by Gasteiger charge is -2.36. The van der Waals surface area contributed by atoms with Gasteiger partial charge in [0.25, 0.3) is 0 Å². The lowest BCUT2D eigenvalue weighted by atomic mass is 9.92. The van der Waals surface area contributed by atoms with Crippen molar-refractivity contribution in [2.45, 2.75) is 30.7 Å². The molecule has 3 aromatic rings. The molecule has 1 aromatic heterocycles. The first-order chi connectivity index (χ1) is 16.2. The van der Waals surface area contributed by atoms with E-state index in [1.165, 1.54) is 6.07 Å². The predicted molar refractivity (Wildman–Crippen MR) is 114 cm³/mol. The molecule has 11 heteroatoms. The summed E-state index contributed by atoms with van der Waals surface area (Å²) in [6.45, 7) is 1.38. The SMILES string of the molecule is O=C(Nc1ccc(C2(O)COC2)cc1)N1CCC(Oc2nc3ccc(C(F)(F)F)cc3o2)CC1. The minimum absolute atomic E-state index is 0.00427. The van der Waals surface area contributed by atoms with E-state index in [9.17, 15) is 23.1 Å². The van der Waals surface area contributed by atoms with Crippen LogP contribution in [-0.4, -0.2) is 53.4 Å². The first-order valence-electron chi connectivity index (χ1n) is 10.8. The van der Waals surface area contributed by atoms with Crippen molar-refractivity contribution in [1.82, 2.24) is 9.88 Å². The van der Waals surface area contributed by atoms with Crippen LogP contribution < -0.4 is 10.1 Å². The summed E-state index contributed by atoms with van der Waals surface area (Å²) in [7, 11) is 0. The first kappa shape index (κ1) is 22.5. The third kappa shape index (κ3) is 4.53. The van der Waals surface area contributed by atoms with E-state index in [1.54, 1.807) is 29.2 Å². The Morgan fingerprint density at radius 3 is 2.47 bits per heavy atom. The third-order valence-corrected chi connectivity index (χ3v) is 6.05. The number of piperidine rings is 1. The summed E-state index contributed by atoms with van der Waals surface area (Å²) in [5, 5.41) is 13.1. The number of hydrogen-bond acceptors (Lipinski definition) is 6. The van der Waals surface area contributed by atoms with Gasteiger partial charge in [-0.25, -0.2) is 4.79 Å². The number of alkyl halides is 3. The smallest absolute Gasteiger partial charge is 0.416 e. The number of fused-ring (bicyclic) bond motifs is 1. The van der Waals surface area contributed by atoms with Gasteiger partial charge in [0.05, 0.1) is 18.8 Å². The fraction of sp³-hybridized carbons (Fsp3) is 0.391. The predicted octanol–water partition coefficient (Wildman–Crippen LogP) is 4.14. The second-order valence-electron chi connectivity index (χ2n) is 8.50. The molecule has 0 spiro atoms. The third-order valence-electron chi connectivity index (χ3n) is 6.05. The molecule has 2 aliphatic heterocycles. The van der Waals surface area contributed by atoms with Crippen molar-refractivity contribution in [1.29, 1.82) is 0 Å². The van der Waals surface area contributed by atoms with E-state index >= 15 is 0 Å². The summed E-state index contributed by atoms with van der Waals surface area (Å²) in [5.74, 6) is 0. The molecule has 2 aliphatic rings. The Labute approximate surface area is 192 Å². The van der Waals surface area contributed by atoms with Crippen molar-refractivity contribution in [3.63, 3.8) is 0 Å². The van der Waals surface area contributed by atoms with Crippen LogP contribution in [0.2, 0.25) is 0 Å². The molecule has 34 heavy (non-hydrogen) atoms. The van der Waals surface area contributed by atoms with Gasteiger partial charge in [-0.3, -0.25) is 0 Å². The summed E-state index contributed by atoms with van der Waals surface area (Å²) in [5.41, 5.74) is -0.138. The quantitative estimate of drug-likeness (QED) is 0.586. The normalized spacial score (nSPS) is 18.5. The maximum absolute atomic E-state index is 12.9. The van der Waals surface area contributed by atoms with Crippen LogP contribution in [0, 0.1) is 0 Å². The zero-order valence-electron chi connectivity index (χ0n) is 18.0. The molecule has 5 rings (SSSR count). The summed E-state index contributed by atoms with van der Waals surface area (Å²) < 4.78 is 54.7. The largest absolute Gasteiger partial charge is 0.447 e. The number of nitrogens with one attached hydrogen (secondary N) is 1. The van der Waals surface area contributed by atoms with Crippen molar-refractivity contribution in [3.8, 4) is 6.08 Å². The highest BCUT2D eigenvalue weighted by atomic mass is 19.4. The van der Waals surface area contributed by atoms with Crippen LogP contribution in [0.15, 0.2) is 46.9 Å². The number of carbonyl (C=O) groups excluding carboxylic acids is 1. The van der Waals surface area contributed by atoms with Crippen molar-refractivity contribution < 1.29 is 37.0 Å². The molecule has 2 fully saturated rings. The molecule has 2 N–H and O–H groups in total. The van der Waals surface area contributed by atoms with Crippen LogP contribution in [0.5, 0.6) is 6.08 Å². The van der Waals surface area contributed by atoms with Gasteiger partial charge < -0.3 is 29.2 Å². The second kappa shape index (κ2) is 8.48. The standard InChI is InChI=1S/C23H22F3N3O5/c24-23(25,26)15-3-6-18-19(11-15)34-21(28-18)33-17-7-9-29(10-8-17)20(30)27-16-4-1-14(2-5-16)22(31)12-32-13-22/h1-6,11,17,31H,7-10,12-13H2,(H,27,30). The monoisotopic (exact) mass is 477 g/mol. The Morgan fingerprint density at radius 1 is 1.15 bits per heavy atom. The number of nitrogens with zero attached hydrogens (tertiary/aromatic N) is 2. The minimum Gasteiger partial charge on any atom is -0.447 e. The van der Waals surface area contributed by atoms with E-state index in [4.69, 9.17) is 13.9 Å². The average Bonchev–Trinajstić information content (AvgIpc) is 3.19. The van der Waals surface area contributed by atoms with Gasteiger partial charge >= 0.3 is 18.3 Å². The van der Waals surface area contributed by atoms with Gasteiger partial charge in [0.1, 0.15) is 17.2 Å². The Bertz CT molecular complexity index is 1180. The molecule has 180 valence electrons. The number of aliphatic hydroxyl groups is 1. The van der Waals surface area contributed by atoms with Crippen LogP contribution in [0.4, 0.5) is 23.7 Å². The lowest BCUT2D eigenvalue weighted by Crippen LogP contribution is -2.46. The molecule has 0 atom stereocenters. The number of benzene rings is 2. The molecule has 0 radical (unpaired) electrons. The first-order valence-corrected chi connectivity index (χ1v) is 10.8. The zero-order chi connectivity index (χ0) is 23.9. The molecular formula is C23H22F3N3O5. The van der Waals surface area contributed by atoms with Crippen LogP contribution in [0.25, 0.3) is 11.1 Å². The molecule has 2 amide bonds. The van der Waals surface area contributed by atoms with Crippen LogP contribution >= 0.6 is 0 Å². The van der Waals surface area contributed by atoms with Crippen LogP contribution in [-0.2, 0) is 16.5 Å². The summed E-state index contributed by atoms with van der Waals surface area (Å²) in [6.07, 6.45) is -3.79. The molecule has 0 unspecified atom stereocenters. The van der Waals surface area contributed by atoms with E-state index in [2.05, 4.69) is 10.3 Å². The molecule has 0 bridgehead atoms. The number of ether oxygens (including phenoxy) is 2. The topological polar surface area (TPSA) is 97.1 Å². The molecule has 0 aliphatic carbocycles. The molecule has 2 saturated heterocycles. The van der Waals surface area contributed by atoms with Gasteiger partial charge in [-0.15, -0.1) is 0 Å². The summed E-state index contributed by atoms with van der Waals surface area (Å²) >= 11 is 0. The minimum atomic E-state index is -4.47. The average molecular weight is 477 g/mol. The van der Waals surface area contributed by atoms with Crippen molar-refractivity contribution in [2.75, 3.05) is 31.6 Å². The van der Waals surface area contributed by atoms with Gasteiger partial charge in [0.2, 0.25) is 0 Å². The van der Waals surface area contributed by atoms with E-state index in [0.29, 0.717) is 31.6 Å². The van der Waals surface area contributed by atoms with Gasteiger partial charge in [0.15, 0.2) is 5.58 Å². The number of hydrogen-bond donors (Lipinski definition) is 2. The Morgan fingerprint density at radius 2 is 1.85 bits per heavy atom. The second-order valence-corrected chi connectivity index (χ2v) is 8.50. The van der Waals surface area contributed by atoms with Crippen LogP contribution in [0.1, 0.15) is 24.0 Å². The number of urea groups is 1. The lowest BCUT2D eigenvalue weighted by molar-refractivity contribution is -0.184. The summed E-state index contributed by atoms with van der Waals surface area (Å²) in [4.78, 5) is 18.3. The fourth-order valence-corrected chi connectivity index (χ4v) is 3.98. The van der Waals surface area contributed by atoms with E-state index in [0.717, 1.165) is 17.7 Å². The fourth-order valence-electron chi connectivity index (χ4n) is 3.98. The Balaban J connectivity index is 1.14. The molecule has 0 saturated carbocycles. The maximum atomic E-state index is 12.9. The maximum Gasteiger partial charge on any atom is 0.416 e. The van der Waals surface area contributed by atoms with E-state index < -0.39 is 17.3 Å². The van der Waals surface area contributed by atoms with E-state index in [1.807, 2.05) is 0 Å². The molecular weight excluding hydrogens is 455 g/mol. The van der Waals surface area contributed by atoms with Crippen molar-refractivity contribution >= 4 is 22.8 Å². The highest BCUT2D eigenvalue weighted by molar-refractivity contribution is 5.89. The Hall–Kier alpha value is -3.31. The zero-order valence-corrected chi connectivity index (χ0v) is 18.0.